The number of likely N-dealkylation sites (tertiary alicyclic amines) is 1. The van der Waals surface area contributed by atoms with Crippen molar-refractivity contribution in [2.45, 2.75) is 13.3 Å². The Morgan fingerprint density at radius 2 is 2.09 bits per heavy atom. The van der Waals surface area contributed by atoms with Gasteiger partial charge in [-0.15, -0.1) is 0 Å². The zero-order valence-electron chi connectivity index (χ0n) is 13.8. The summed E-state index contributed by atoms with van der Waals surface area (Å²) in [6, 6.07) is 1.84. The molecule has 2 saturated heterocycles. The molecule has 23 heavy (non-hydrogen) atoms. The van der Waals surface area contributed by atoms with E-state index in [4.69, 9.17) is 4.74 Å². The number of aromatic nitrogens is 1. The number of aromatic amines is 1. The van der Waals surface area contributed by atoms with Gasteiger partial charge in [-0.1, -0.05) is 0 Å². The first-order valence-corrected chi connectivity index (χ1v) is 8.51. The van der Waals surface area contributed by atoms with Crippen molar-refractivity contribution in [1.82, 2.24) is 14.8 Å². The van der Waals surface area contributed by atoms with Crippen LogP contribution in [0.15, 0.2) is 12.3 Å². The van der Waals surface area contributed by atoms with Gasteiger partial charge in [-0.2, -0.15) is 0 Å². The molecule has 1 amide bonds. The summed E-state index contributed by atoms with van der Waals surface area (Å²) >= 11 is 0. The molecule has 6 nitrogen and oxygen atoms in total. The number of amides is 1. The zero-order valence-corrected chi connectivity index (χ0v) is 13.8. The predicted molar refractivity (Wildman–Crippen MR) is 87.4 cm³/mol. The van der Waals surface area contributed by atoms with Gasteiger partial charge in [0.05, 0.1) is 18.8 Å². The molecule has 0 bridgehead atoms. The molecule has 3 rings (SSSR count). The second-order valence-electron chi connectivity index (χ2n) is 6.79. The lowest BCUT2D eigenvalue weighted by Crippen LogP contribution is -2.49. The number of nitrogens with one attached hydrogen (secondary N) is 1. The first-order chi connectivity index (χ1) is 11.2. The van der Waals surface area contributed by atoms with E-state index in [9.17, 15) is 9.90 Å². The number of piperidine rings is 1. The molecular formula is C17H27N3O3. The molecule has 0 unspecified atom stereocenters. The van der Waals surface area contributed by atoms with E-state index in [0.717, 1.165) is 57.1 Å². The molecule has 0 saturated carbocycles. The largest absolute Gasteiger partial charge is 0.396 e. The lowest BCUT2D eigenvalue weighted by molar-refractivity contribution is 0.0130. The lowest BCUT2D eigenvalue weighted by Gasteiger charge is -2.40. The summed E-state index contributed by atoms with van der Waals surface area (Å²) in [5.74, 6) is 0.675. The minimum atomic E-state index is 0.0777. The summed E-state index contributed by atoms with van der Waals surface area (Å²) in [6.07, 6.45) is 2.80. The molecule has 2 aliphatic heterocycles. The zero-order chi connectivity index (χ0) is 16.2. The summed E-state index contributed by atoms with van der Waals surface area (Å²) in [4.78, 5) is 20.2. The van der Waals surface area contributed by atoms with Crippen LogP contribution in [0.2, 0.25) is 0 Å². The van der Waals surface area contributed by atoms with E-state index < -0.39 is 0 Å². The average molecular weight is 321 g/mol. The number of aliphatic hydroxyl groups is 1. The third-order valence-electron chi connectivity index (χ3n) is 4.97. The average Bonchev–Trinajstić information content (AvgIpc) is 3.00. The van der Waals surface area contributed by atoms with E-state index in [1.54, 1.807) is 6.20 Å². The van der Waals surface area contributed by atoms with E-state index in [2.05, 4.69) is 9.88 Å². The Balaban J connectivity index is 1.65. The third-order valence-corrected chi connectivity index (χ3v) is 4.97. The van der Waals surface area contributed by atoms with Gasteiger partial charge in [-0.05, 0) is 31.2 Å². The van der Waals surface area contributed by atoms with Crippen molar-refractivity contribution in [2.24, 2.45) is 11.8 Å². The first kappa shape index (κ1) is 16.5. The Morgan fingerprint density at radius 3 is 2.74 bits per heavy atom. The van der Waals surface area contributed by atoms with Crippen LogP contribution in [0, 0.1) is 18.8 Å². The van der Waals surface area contributed by atoms with Gasteiger partial charge in [0.1, 0.15) is 0 Å². The Labute approximate surface area is 137 Å². The smallest absolute Gasteiger partial charge is 0.255 e. The van der Waals surface area contributed by atoms with Crippen molar-refractivity contribution in [3.8, 4) is 0 Å². The molecule has 0 spiro atoms. The second kappa shape index (κ2) is 7.47. The number of morpholine rings is 1. The van der Waals surface area contributed by atoms with Gasteiger partial charge in [0.25, 0.3) is 5.91 Å². The minimum absolute atomic E-state index is 0.0777. The van der Waals surface area contributed by atoms with Gasteiger partial charge in [0.15, 0.2) is 0 Å². The van der Waals surface area contributed by atoms with Crippen LogP contribution in [-0.4, -0.2) is 78.3 Å². The van der Waals surface area contributed by atoms with Gasteiger partial charge < -0.3 is 19.7 Å². The molecule has 1 aromatic rings. The van der Waals surface area contributed by atoms with Gasteiger partial charge in [-0.25, -0.2) is 0 Å². The molecule has 0 radical (unpaired) electrons. The summed E-state index contributed by atoms with van der Waals surface area (Å²) in [7, 11) is 0. The normalized spacial score (nSPS) is 26.4. The molecule has 1 aromatic heterocycles. The molecule has 2 aliphatic rings. The van der Waals surface area contributed by atoms with Crippen molar-refractivity contribution in [2.75, 3.05) is 52.5 Å². The standard InChI is InChI=1S/C17H27N3O3/c1-13-16(2-3-18-13)17(22)20-10-14(8-15(11-20)12-21)9-19-4-6-23-7-5-19/h2-3,14-15,18,21H,4-12H2,1H3/t14-,15+/m1/s1. The van der Waals surface area contributed by atoms with Crippen LogP contribution < -0.4 is 0 Å². The molecule has 0 aromatic carbocycles. The van der Waals surface area contributed by atoms with Crippen molar-refractivity contribution in [3.05, 3.63) is 23.5 Å². The van der Waals surface area contributed by atoms with Gasteiger partial charge in [0.2, 0.25) is 0 Å². The molecule has 0 aliphatic carbocycles. The van der Waals surface area contributed by atoms with Crippen molar-refractivity contribution >= 4 is 5.91 Å². The summed E-state index contributed by atoms with van der Waals surface area (Å²) < 4.78 is 5.40. The molecule has 2 fully saturated rings. The van der Waals surface area contributed by atoms with Crippen LogP contribution in [0.1, 0.15) is 22.5 Å². The maximum atomic E-state index is 12.8. The van der Waals surface area contributed by atoms with Gasteiger partial charge in [-0.3, -0.25) is 9.69 Å². The number of carbonyl (C=O) groups excluding carboxylic acids is 1. The highest BCUT2D eigenvalue weighted by molar-refractivity contribution is 5.95. The minimum Gasteiger partial charge on any atom is -0.396 e. The van der Waals surface area contributed by atoms with Crippen molar-refractivity contribution in [1.29, 1.82) is 0 Å². The molecule has 6 heteroatoms. The SMILES string of the molecule is Cc1[nH]ccc1C(=O)N1C[C@@H](CN2CCOCC2)C[C@H](CO)C1. The van der Waals surface area contributed by atoms with Crippen molar-refractivity contribution in [3.63, 3.8) is 0 Å². The Hall–Kier alpha value is -1.37. The second-order valence-corrected chi connectivity index (χ2v) is 6.79. The maximum Gasteiger partial charge on any atom is 0.255 e. The number of aryl methyl sites for hydroxylation is 1. The first-order valence-electron chi connectivity index (χ1n) is 8.51. The van der Waals surface area contributed by atoms with Crippen LogP contribution >= 0.6 is 0 Å². The third kappa shape index (κ3) is 3.94. The lowest BCUT2D eigenvalue weighted by atomic mass is 9.88. The van der Waals surface area contributed by atoms with E-state index >= 15 is 0 Å². The number of rotatable bonds is 4. The Kier molecular flexibility index (Phi) is 5.35. The number of hydrogen-bond donors (Lipinski definition) is 2. The number of aliphatic hydroxyl groups excluding tert-OH is 1. The highest BCUT2D eigenvalue weighted by Gasteiger charge is 2.32. The van der Waals surface area contributed by atoms with Crippen LogP contribution in [0.25, 0.3) is 0 Å². The van der Waals surface area contributed by atoms with Crippen molar-refractivity contribution < 1.29 is 14.6 Å². The Morgan fingerprint density at radius 1 is 1.35 bits per heavy atom. The van der Waals surface area contributed by atoms with Crippen LogP contribution in [-0.2, 0) is 4.74 Å². The fourth-order valence-corrected chi connectivity index (χ4v) is 3.75. The number of H-pyrrole nitrogens is 1. The molecular weight excluding hydrogens is 294 g/mol. The van der Waals surface area contributed by atoms with Gasteiger partial charge >= 0.3 is 0 Å². The van der Waals surface area contributed by atoms with Gasteiger partial charge in [0, 0.05) is 51.2 Å². The monoisotopic (exact) mass is 321 g/mol. The fourth-order valence-electron chi connectivity index (χ4n) is 3.75. The van der Waals surface area contributed by atoms with E-state index in [1.165, 1.54) is 0 Å². The van der Waals surface area contributed by atoms with Crippen LogP contribution in [0.4, 0.5) is 0 Å². The highest BCUT2D eigenvalue weighted by Crippen LogP contribution is 2.25. The van der Waals surface area contributed by atoms with E-state index in [-0.39, 0.29) is 18.4 Å². The highest BCUT2D eigenvalue weighted by atomic mass is 16.5. The summed E-state index contributed by atoms with van der Waals surface area (Å²) in [6.45, 7) is 7.99. The fraction of sp³-hybridized carbons (Fsp3) is 0.706. The van der Waals surface area contributed by atoms with Crippen LogP contribution in [0.3, 0.4) is 0 Å². The Bertz CT molecular complexity index is 525. The molecule has 2 atom stereocenters. The van der Waals surface area contributed by atoms with E-state index in [1.807, 2.05) is 17.9 Å². The number of nitrogens with zero attached hydrogens (tertiary/aromatic N) is 2. The summed E-state index contributed by atoms with van der Waals surface area (Å²) in [5.41, 5.74) is 1.65. The topological polar surface area (TPSA) is 68.8 Å². The van der Waals surface area contributed by atoms with E-state index in [0.29, 0.717) is 12.5 Å². The maximum absolute atomic E-state index is 12.8. The predicted octanol–water partition coefficient (Wildman–Crippen LogP) is 0.726. The number of hydrogen-bond acceptors (Lipinski definition) is 4. The number of carbonyl (C=O) groups is 1. The quantitative estimate of drug-likeness (QED) is 0.858. The van der Waals surface area contributed by atoms with Crippen LogP contribution in [0.5, 0.6) is 0 Å². The number of ether oxygens (including phenoxy) is 1. The summed E-state index contributed by atoms with van der Waals surface area (Å²) in [5, 5.41) is 9.62. The molecule has 128 valence electrons. The molecule has 2 N–H and O–H groups in total. The molecule has 3 heterocycles.